The molecule has 0 aliphatic carbocycles. The molecule has 4 N–H and O–H groups in total. The third-order valence-electron chi connectivity index (χ3n) is 2.91. The number of nitrogen functional groups attached to an aromatic ring is 2. The highest BCUT2D eigenvalue weighted by molar-refractivity contribution is 6.01. The van der Waals surface area contributed by atoms with Gasteiger partial charge < -0.3 is 21.3 Å². The van der Waals surface area contributed by atoms with Crippen LogP contribution in [0, 0.1) is 0 Å². The molecule has 0 aliphatic heterocycles. The van der Waals surface area contributed by atoms with E-state index < -0.39 is 0 Å². The number of carbonyl (C=O) groups is 2. The summed E-state index contributed by atoms with van der Waals surface area (Å²) in [5.74, 6) is -0.375. The van der Waals surface area contributed by atoms with Gasteiger partial charge in [-0.25, -0.2) is 0 Å². The third-order valence-corrected chi connectivity index (χ3v) is 2.91. The zero-order valence-corrected chi connectivity index (χ0v) is 12.2. The predicted octanol–water partition coefficient (Wildman–Crippen LogP) is 0.791. The summed E-state index contributed by atoms with van der Waals surface area (Å²) in [4.78, 5) is 27.2. The van der Waals surface area contributed by atoms with Crippen molar-refractivity contribution in [2.45, 2.75) is 13.3 Å². The molecule has 0 aliphatic rings. The van der Waals surface area contributed by atoms with Crippen LogP contribution < -0.4 is 11.5 Å². The van der Waals surface area contributed by atoms with Crippen LogP contribution in [0.2, 0.25) is 0 Å². The molecule has 1 rings (SSSR count). The van der Waals surface area contributed by atoms with E-state index in [9.17, 15) is 9.59 Å². The highest BCUT2D eigenvalue weighted by Crippen LogP contribution is 2.18. The standard InChI is InChI=1S/C14H22N4O2/c1-4-7-18(9-13(19)17(2)3)14(20)11-6-5-10(15)8-12(11)16/h5-6,8H,4,7,9,15-16H2,1-3H3. The monoisotopic (exact) mass is 278 g/mol. The number of anilines is 2. The fraction of sp³-hybridized carbons (Fsp3) is 0.429. The maximum absolute atomic E-state index is 12.5. The zero-order valence-electron chi connectivity index (χ0n) is 12.2. The van der Waals surface area contributed by atoms with E-state index in [1.54, 1.807) is 32.3 Å². The van der Waals surface area contributed by atoms with Crippen LogP contribution in [0.4, 0.5) is 11.4 Å². The number of hydrogen-bond acceptors (Lipinski definition) is 4. The van der Waals surface area contributed by atoms with Crippen molar-refractivity contribution < 1.29 is 9.59 Å². The summed E-state index contributed by atoms with van der Waals surface area (Å²) in [6, 6.07) is 4.77. The van der Waals surface area contributed by atoms with Gasteiger partial charge in [0.2, 0.25) is 5.91 Å². The maximum Gasteiger partial charge on any atom is 0.256 e. The summed E-state index contributed by atoms with van der Waals surface area (Å²) in [6.07, 6.45) is 0.765. The number of nitrogens with two attached hydrogens (primary N) is 2. The van der Waals surface area contributed by atoms with Crippen molar-refractivity contribution in [1.82, 2.24) is 9.80 Å². The Labute approximate surface area is 119 Å². The van der Waals surface area contributed by atoms with Crippen LogP contribution in [-0.4, -0.2) is 48.8 Å². The fourth-order valence-electron chi connectivity index (χ4n) is 1.77. The van der Waals surface area contributed by atoms with E-state index in [2.05, 4.69) is 0 Å². The van der Waals surface area contributed by atoms with E-state index in [0.29, 0.717) is 23.5 Å². The van der Waals surface area contributed by atoms with E-state index >= 15 is 0 Å². The van der Waals surface area contributed by atoms with Crippen molar-refractivity contribution >= 4 is 23.2 Å². The SMILES string of the molecule is CCCN(CC(=O)N(C)C)C(=O)c1ccc(N)cc1N. The Morgan fingerprint density at radius 2 is 1.85 bits per heavy atom. The number of rotatable bonds is 5. The molecule has 6 nitrogen and oxygen atoms in total. The van der Waals surface area contributed by atoms with Gasteiger partial charge in [0.25, 0.3) is 5.91 Å². The highest BCUT2D eigenvalue weighted by Gasteiger charge is 2.20. The number of carbonyl (C=O) groups excluding carboxylic acids is 2. The lowest BCUT2D eigenvalue weighted by atomic mass is 10.1. The molecule has 20 heavy (non-hydrogen) atoms. The summed E-state index contributed by atoms with van der Waals surface area (Å²) >= 11 is 0. The Kier molecular flexibility index (Phi) is 5.37. The zero-order chi connectivity index (χ0) is 15.3. The molecule has 0 saturated carbocycles. The second-order valence-corrected chi connectivity index (χ2v) is 4.86. The van der Waals surface area contributed by atoms with Crippen LogP contribution >= 0.6 is 0 Å². The molecule has 1 aromatic rings. The molecule has 0 spiro atoms. The van der Waals surface area contributed by atoms with E-state index in [4.69, 9.17) is 11.5 Å². The molecular weight excluding hydrogens is 256 g/mol. The molecule has 110 valence electrons. The molecule has 2 amide bonds. The fourth-order valence-corrected chi connectivity index (χ4v) is 1.77. The van der Waals surface area contributed by atoms with Gasteiger partial charge in [0.05, 0.1) is 5.56 Å². The van der Waals surface area contributed by atoms with E-state index in [-0.39, 0.29) is 18.4 Å². The molecule has 0 unspecified atom stereocenters. The van der Waals surface area contributed by atoms with Gasteiger partial charge in [-0.15, -0.1) is 0 Å². The van der Waals surface area contributed by atoms with Gasteiger partial charge in [-0.2, -0.15) is 0 Å². The van der Waals surface area contributed by atoms with Gasteiger partial charge in [-0.3, -0.25) is 9.59 Å². The summed E-state index contributed by atoms with van der Waals surface area (Å²) in [7, 11) is 3.32. The first-order valence-electron chi connectivity index (χ1n) is 6.51. The topological polar surface area (TPSA) is 92.7 Å². The minimum Gasteiger partial charge on any atom is -0.399 e. The number of likely N-dealkylation sites (N-methyl/N-ethyl adjacent to an activating group) is 1. The number of nitrogens with zero attached hydrogens (tertiary/aromatic N) is 2. The van der Waals surface area contributed by atoms with E-state index in [1.807, 2.05) is 6.92 Å². The lowest BCUT2D eigenvalue weighted by molar-refractivity contribution is -0.129. The first-order chi connectivity index (χ1) is 9.36. The second kappa shape index (κ2) is 6.79. The lowest BCUT2D eigenvalue weighted by Gasteiger charge is -2.24. The summed E-state index contributed by atoms with van der Waals surface area (Å²) in [6.45, 7) is 2.50. The molecule has 6 heteroatoms. The third kappa shape index (κ3) is 3.88. The van der Waals surface area contributed by atoms with Gasteiger partial charge in [0.15, 0.2) is 0 Å². The number of benzene rings is 1. The molecule has 0 fully saturated rings. The average molecular weight is 278 g/mol. The van der Waals surface area contributed by atoms with Crippen LogP contribution in [0.3, 0.4) is 0 Å². The quantitative estimate of drug-likeness (QED) is 0.779. The summed E-state index contributed by atoms with van der Waals surface area (Å²) in [5, 5.41) is 0. The van der Waals surface area contributed by atoms with Gasteiger partial charge in [-0.05, 0) is 24.6 Å². The van der Waals surface area contributed by atoms with E-state index in [0.717, 1.165) is 6.42 Å². The summed E-state index contributed by atoms with van der Waals surface area (Å²) < 4.78 is 0. The van der Waals surface area contributed by atoms with Crippen LogP contribution in [0.5, 0.6) is 0 Å². The number of amides is 2. The predicted molar refractivity (Wildman–Crippen MR) is 80.2 cm³/mol. The van der Waals surface area contributed by atoms with Crippen molar-refractivity contribution in [3.8, 4) is 0 Å². The van der Waals surface area contributed by atoms with Crippen LogP contribution in [-0.2, 0) is 4.79 Å². The van der Waals surface area contributed by atoms with Crippen molar-refractivity contribution in [3.05, 3.63) is 23.8 Å². The van der Waals surface area contributed by atoms with Crippen molar-refractivity contribution in [2.75, 3.05) is 38.7 Å². The molecule has 0 heterocycles. The first kappa shape index (κ1) is 15.8. The summed E-state index contributed by atoms with van der Waals surface area (Å²) in [5.41, 5.74) is 12.6. The molecule has 0 aromatic heterocycles. The smallest absolute Gasteiger partial charge is 0.256 e. The van der Waals surface area contributed by atoms with Crippen molar-refractivity contribution in [3.63, 3.8) is 0 Å². The van der Waals surface area contributed by atoms with Crippen LogP contribution in [0.15, 0.2) is 18.2 Å². The largest absolute Gasteiger partial charge is 0.399 e. The maximum atomic E-state index is 12.5. The minimum atomic E-state index is -0.250. The Hall–Kier alpha value is -2.24. The lowest BCUT2D eigenvalue weighted by Crippen LogP contribution is -2.40. The number of hydrogen-bond donors (Lipinski definition) is 2. The van der Waals surface area contributed by atoms with Crippen molar-refractivity contribution in [1.29, 1.82) is 0 Å². The minimum absolute atomic E-state index is 0.0451. The molecule has 0 bridgehead atoms. The molecule has 0 saturated heterocycles. The van der Waals surface area contributed by atoms with Gasteiger partial charge in [0.1, 0.15) is 6.54 Å². The van der Waals surface area contributed by atoms with Gasteiger partial charge >= 0.3 is 0 Å². The van der Waals surface area contributed by atoms with E-state index in [1.165, 1.54) is 9.80 Å². The average Bonchev–Trinajstić information content (AvgIpc) is 2.37. The second-order valence-electron chi connectivity index (χ2n) is 4.86. The molecule has 1 aromatic carbocycles. The molecular formula is C14H22N4O2. The molecule has 0 radical (unpaired) electrons. The first-order valence-corrected chi connectivity index (χ1v) is 6.51. The van der Waals surface area contributed by atoms with Crippen molar-refractivity contribution in [2.24, 2.45) is 0 Å². The van der Waals surface area contributed by atoms with Crippen LogP contribution in [0.1, 0.15) is 23.7 Å². The normalized spacial score (nSPS) is 10.2. The molecule has 0 atom stereocenters. The van der Waals surface area contributed by atoms with Crippen LogP contribution in [0.25, 0.3) is 0 Å². The Balaban J connectivity index is 2.96. The van der Waals surface area contributed by atoms with Gasteiger partial charge in [0, 0.05) is 32.0 Å². The Bertz CT molecular complexity index is 500. The Morgan fingerprint density at radius 3 is 2.35 bits per heavy atom. The highest BCUT2D eigenvalue weighted by atomic mass is 16.2. The Morgan fingerprint density at radius 1 is 1.20 bits per heavy atom. The van der Waals surface area contributed by atoms with Gasteiger partial charge in [-0.1, -0.05) is 6.92 Å².